The summed E-state index contributed by atoms with van der Waals surface area (Å²) in [7, 11) is 0. The zero-order chi connectivity index (χ0) is 10.6. The number of nitriles is 2. The van der Waals surface area contributed by atoms with Crippen LogP contribution in [0.2, 0.25) is 0 Å². The average Bonchev–Trinajstić information content (AvgIpc) is 2.17. The molecule has 0 bridgehead atoms. The van der Waals surface area contributed by atoms with Crippen molar-refractivity contribution in [3.05, 3.63) is 35.4 Å². The number of rotatable bonds is 2. The van der Waals surface area contributed by atoms with E-state index in [1.165, 1.54) is 0 Å². The highest BCUT2D eigenvalue weighted by molar-refractivity contribution is 5.33. The summed E-state index contributed by atoms with van der Waals surface area (Å²) in [5, 5.41) is 17.6. The minimum absolute atomic E-state index is 0.367. The first kappa shape index (κ1) is 10.3. The third-order valence-corrected chi connectivity index (χ3v) is 2.00. The van der Waals surface area contributed by atoms with E-state index in [0.717, 1.165) is 5.56 Å². The maximum atomic E-state index is 8.87. The molecule has 0 saturated carbocycles. The van der Waals surface area contributed by atoms with E-state index >= 15 is 0 Å². The SMILES string of the molecule is CC(C)(C#N)Cc1cccc(C#N)c1. The molecule has 1 aromatic carbocycles. The Labute approximate surface area is 84.4 Å². The molecule has 0 spiro atoms. The van der Waals surface area contributed by atoms with E-state index in [1.54, 1.807) is 6.07 Å². The fourth-order valence-electron chi connectivity index (χ4n) is 1.30. The van der Waals surface area contributed by atoms with Gasteiger partial charge in [-0.05, 0) is 38.0 Å². The van der Waals surface area contributed by atoms with Crippen molar-refractivity contribution in [2.75, 3.05) is 0 Å². The third-order valence-electron chi connectivity index (χ3n) is 2.00. The van der Waals surface area contributed by atoms with Gasteiger partial charge in [0.25, 0.3) is 0 Å². The summed E-state index contributed by atoms with van der Waals surface area (Å²) in [5.74, 6) is 0. The van der Waals surface area contributed by atoms with E-state index in [-0.39, 0.29) is 5.41 Å². The molecule has 0 aromatic heterocycles. The molecule has 14 heavy (non-hydrogen) atoms. The molecule has 0 aliphatic heterocycles. The highest BCUT2D eigenvalue weighted by Crippen LogP contribution is 2.20. The normalized spacial score (nSPS) is 10.3. The predicted molar refractivity (Wildman–Crippen MR) is 54.3 cm³/mol. The van der Waals surface area contributed by atoms with Gasteiger partial charge in [0.15, 0.2) is 0 Å². The molecule has 0 N–H and O–H groups in total. The van der Waals surface area contributed by atoms with Crippen LogP contribution in [-0.2, 0) is 6.42 Å². The largest absolute Gasteiger partial charge is 0.198 e. The first-order chi connectivity index (χ1) is 6.57. The van der Waals surface area contributed by atoms with Gasteiger partial charge in [0.1, 0.15) is 0 Å². The molecular weight excluding hydrogens is 172 g/mol. The van der Waals surface area contributed by atoms with Crippen molar-refractivity contribution < 1.29 is 0 Å². The molecule has 0 amide bonds. The van der Waals surface area contributed by atoms with Gasteiger partial charge in [-0.15, -0.1) is 0 Å². The molecule has 0 radical (unpaired) electrons. The Morgan fingerprint density at radius 3 is 2.57 bits per heavy atom. The van der Waals surface area contributed by atoms with Crippen molar-refractivity contribution in [2.24, 2.45) is 5.41 Å². The fourth-order valence-corrected chi connectivity index (χ4v) is 1.30. The molecule has 0 heterocycles. The summed E-state index contributed by atoms with van der Waals surface area (Å²) >= 11 is 0. The Balaban J connectivity index is 2.90. The first-order valence-electron chi connectivity index (χ1n) is 4.48. The Kier molecular flexibility index (Phi) is 2.89. The molecule has 0 atom stereocenters. The van der Waals surface area contributed by atoms with Crippen molar-refractivity contribution in [3.8, 4) is 12.1 Å². The fraction of sp³-hybridized carbons (Fsp3) is 0.333. The van der Waals surface area contributed by atoms with Gasteiger partial charge in [-0.25, -0.2) is 0 Å². The van der Waals surface area contributed by atoms with Crippen molar-refractivity contribution >= 4 is 0 Å². The zero-order valence-electron chi connectivity index (χ0n) is 8.41. The van der Waals surface area contributed by atoms with E-state index in [9.17, 15) is 0 Å². The smallest absolute Gasteiger partial charge is 0.0991 e. The summed E-state index contributed by atoms with van der Waals surface area (Å²) in [6.45, 7) is 3.79. The topological polar surface area (TPSA) is 47.6 Å². The van der Waals surface area contributed by atoms with E-state index in [4.69, 9.17) is 10.5 Å². The average molecular weight is 184 g/mol. The van der Waals surface area contributed by atoms with Gasteiger partial charge in [0, 0.05) is 0 Å². The van der Waals surface area contributed by atoms with Crippen LogP contribution in [0.1, 0.15) is 25.0 Å². The zero-order valence-corrected chi connectivity index (χ0v) is 8.41. The molecule has 1 aromatic rings. The lowest BCUT2D eigenvalue weighted by atomic mass is 9.87. The highest BCUT2D eigenvalue weighted by Gasteiger charge is 2.17. The van der Waals surface area contributed by atoms with E-state index in [0.29, 0.717) is 12.0 Å². The van der Waals surface area contributed by atoms with E-state index in [2.05, 4.69) is 12.1 Å². The number of nitrogens with zero attached hydrogens (tertiary/aromatic N) is 2. The first-order valence-corrected chi connectivity index (χ1v) is 4.48. The molecule has 0 unspecified atom stereocenters. The minimum atomic E-state index is -0.367. The predicted octanol–water partition coefficient (Wildman–Crippen LogP) is 2.65. The lowest BCUT2D eigenvalue weighted by molar-refractivity contribution is 0.493. The number of benzene rings is 1. The van der Waals surface area contributed by atoms with Crippen LogP contribution in [0, 0.1) is 28.1 Å². The van der Waals surface area contributed by atoms with Gasteiger partial charge < -0.3 is 0 Å². The molecule has 1 rings (SSSR count). The quantitative estimate of drug-likeness (QED) is 0.709. The van der Waals surface area contributed by atoms with Crippen molar-refractivity contribution in [1.29, 1.82) is 10.5 Å². The Morgan fingerprint density at radius 2 is 2.00 bits per heavy atom. The van der Waals surface area contributed by atoms with Crippen molar-refractivity contribution in [3.63, 3.8) is 0 Å². The van der Waals surface area contributed by atoms with Crippen LogP contribution in [0.25, 0.3) is 0 Å². The van der Waals surface area contributed by atoms with Crippen LogP contribution in [0.15, 0.2) is 24.3 Å². The Bertz CT molecular complexity index is 405. The Hall–Kier alpha value is -1.80. The second-order valence-corrected chi connectivity index (χ2v) is 3.98. The summed E-state index contributed by atoms with van der Waals surface area (Å²) in [4.78, 5) is 0. The van der Waals surface area contributed by atoms with Gasteiger partial charge in [0.05, 0.1) is 23.1 Å². The maximum absolute atomic E-state index is 8.87. The summed E-state index contributed by atoms with van der Waals surface area (Å²) in [6.07, 6.45) is 0.680. The van der Waals surface area contributed by atoms with E-state index < -0.39 is 0 Å². The second kappa shape index (κ2) is 3.94. The monoisotopic (exact) mass is 184 g/mol. The van der Waals surface area contributed by atoms with E-state index in [1.807, 2.05) is 32.0 Å². The van der Waals surface area contributed by atoms with Gasteiger partial charge in [-0.1, -0.05) is 12.1 Å². The van der Waals surface area contributed by atoms with Crippen LogP contribution in [-0.4, -0.2) is 0 Å². The molecular formula is C12H12N2. The molecule has 0 aliphatic carbocycles. The summed E-state index contributed by atoms with van der Waals surface area (Å²) in [6, 6.07) is 11.7. The van der Waals surface area contributed by atoms with Crippen LogP contribution >= 0.6 is 0 Å². The summed E-state index contributed by atoms with van der Waals surface area (Å²) in [5.41, 5.74) is 1.32. The Morgan fingerprint density at radius 1 is 1.29 bits per heavy atom. The number of hydrogen-bond donors (Lipinski definition) is 0. The van der Waals surface area contributed by atoms with Gasteiger partial charge >= 0.3 is 0 Å². The minimum Gasteiger partial charge on any atom is -0.198 e. The lowest BCUT2D eigenvalue weighted by Gasteiger charge is -2.14. The molecule has 0 fully saturated rings. The highest BCUT2D eigenvalue weighted by atomic mass is 14.3. The maximum Gasteiger partial charge on any atom is 0.0991 e. The molecule has 2 nitrogen and oxygen atoms in total. The van der Waals surface area contributed by atoms with Crippen LogP contribution in [0.3, 0.4) is 0 Å². The van der Waals surface area contributed by atoms with Gasteiger partial charge in [-0.2, -0.15) is 10.5 Å². The molecule has 0 saturated heterocycles. The van der Waals surface area contributed by atoms with Crippen LogP contribution < -0.4 is 0 Å². The van der Waals surface area contributed by atoms with Crippen molar-refractivity contribution in [2.45, 2.75) is 20.3 Å². The number of hydrogen-bond acceptors (Lipinski definition) is 2. The van der Waals surface area contributed by atoms with Crippen LogP contribution in [0.4, 0.5) is 0 Å². The van der Waals surface area contributed by atoms with Gasteiger partial charge in [0.2, 0.25) is 0 Å². The molecule has 2 heteroatoms. The third kappa shape index (κ3) is 2.61. The van der Waals surface area contributed by atoms with Crippen molar-refractivity contribution in [1.82, 2.24) is 0 Å². The van der Waals surface area contributed by atoms with Crippen LogP contribution in [0.5, 0.6) is 0 Å². The lowest BCUT2D eigenvalue weighted by Crippen LogP contribution is -2.11. The molecule has 0 aliphatic rings. The van der Waals surface area contributed by atoms with Gasteiger partial charge in [-0.3, -0.25) is 0 Å². The molecule has 70 valence electrons. The standard InChI is InChI=1S/C12H12N2/c1-12(2,9-14)7-10-4-3-5-11(6-10)8-13/h3-6H,7H2,1-2H3. The summed E-state index contributed by atoms with van der Waals surface area (Å²) < 4.78 is 0. The second-order valence-electron chi connectivity index (χ2n) is 3.98.